The van der Waals surface area contributed by atoms with Gasteiger partial charge in [-0.05, 0) is 11.8 Å². The Morgan fingerprint density at radius 3 is 2.41 bits per heavy atom. The zero-order valence-electron chi connectivity index (χ0n) is 10.9. The van der Waals surface area contributed by atoms with E-state index >= 15 is 0 Å². The fourth-order valence-electron chi connectivity index (χ4n) is 0.968. The summed E-state index contributed by atoms with van der Waals surface area (Å²) in [5.41, 5.74) is 5.33. The van der Waals surface area contributed by atoms with Gasteiger partial charge in [0.15, 0.2) is 0 Å². The molecule has 1 atom stereocenters. The van der Waals surface area contributed by atoms with Crippen LogP contribution in [-0.2, 0) is 10.0 Å². The van der Waals surface area contributed by atoms with Gasteiger partial charge in [-0.15, -0.1) is 0 Å². The Hall–Kier alpha value is -0.820. The van der Waals surface area contributed by atoms with Crippen LogP contribution in [0, 0.1) is 11.3 Å². The first-order valence-electron chi connectivity index (χ1n) is 5.52. The quantitative estimate of drug-likeness (QED) is 0.285. The zero-order valence-corrected chi connectivity index (χ0v) is 11.7. The van der Waals surface area contributed by atoms with E-state index in [1.54, 1.807) is 6.92 Å². The van der Waals surface area contributed by atoms with Gasteiger partial charge in [-0.3, -0.25) is 0 Å². The van der Waals surface area contributed by atoms with Crippen molar-refractivity contribution in [3.05, 3.63) is 0 Å². The van der Waals surface area contributed by atoms with Gasteiger partial charge in [0.25, 0.3) is 0 Å². The summed E-state index contributed by atoms with van der Waals surface area (Å²) in [6.07, 6.45) is 0.584. The average Bonchev–Trinajstić information content (AvgIpc) is 2.21. The van der Waals surface area contributed by atoms with Crippen LogP contribution in [0.1, 0.15) is 34.1 Å². The fourth-order valence-corrected chi connectivity index (χ4v) is 2.50. The van der Waals surface area contributed by atoms with E-state index in [0.29, 0.717) is 6.42 Å². The third-order valence-corrected chi connectivity index (χ3v) is 3.70. The van der Waals surface area contributed by atoms with Gasteiger partial charge >= 0.3 is 0 Å². The molecule has 0 spiro atoms. The highest BCUT2D eigenvalue weighted by Crippen LogP contribution is 2.18. The van der Waals surface area contributed by atoms with Gasteiger partial charge in [-0.2, -0.15) is 0 Å². The highest BCUT2D eigenvalue weighted by Gasteiger charge is 2.18. The summed E-state index contributed by atoms with van der Waals surface area (Å²) in [5, 5.41) is 11.3. The van der Waals surface area contributed by atoms with Crippen LogP contribution in [0.4, 0.5) is 0 Å². The van der Waals surface area contributed by atoms with Gasteiger partial charge in [0, 0.05) is 12.5 Å². The van der Waals surface area contributed by atoms with Gasteiger partial charge in [-0.1, -0.05) is 32.9 Å². The fraction of sp³-hybridized carbons (Fsp3) is 0.900. The molecule has 0 saturated heterocycles. The smallest absolute Gasteiger partial charge is 0.211 e. The van der Waals surface area contributed by atoms with Gasteiger partial charge in [-0.25, -0.2) is 13.1 Å². The standard InChI is InChI=1S/C10H23N3O3S/c1-8(9(11)13-14)7-12-17(15,16)6-5-10(2,3)4/h8,12,14H,5-7H2,1-4H3,(H2,11,13). The van der Waals surface area contributed by atoms with Gasteiger partial charge < -0.3 is 10.9 Å². The van der Waals surface area contributed by atoms with Crippen molar-refractivity contribution in [1.29, 1.82) is 0 Å². The lowest BCUT2D eigenvalue weighted by atomic mass is 9.94. The number of nitrogens with zero attached hydrogens (tertiary/aromatic N) is 1. The van der Waals surface area contributed by atoms with E-state index in [9.17, 15) is 8.42 Å². The number of hydrogen-bond donors (Lipinski definition) is 3. The average molecular weight is 265 g/mol. The lowest BCUT2D eigenvalue weighted by Crippen LogP contribution is -2.36. The number of hydrogen-bond acceptors (Lipinski definition) is 4. The number of oxime groups is 1. The Kier molecular flexibility index (Phi) is 5.91. The molecule has 0 bridgehead atoms. The third kappa shape index (κ3) is 7.98. The summed E-state index contributed by atoms with van der Waals surface area (Å²) in [6, 6.07) is 0. The molecule has 0 amide bonds. The van der Waals surface area contributed by atoms with Gasteiger partial charge in [0.2, 0.25) is 10.0 Å². The van der Waals surface area contributed by atoms with Crippen molar-refractivity contribution in [2.24, 2.45) is 22.2 Å². The Morgan fingerprint density at radius 1 is 1.47 bits per heavy atom. The summed E-state index contributed by atoms with van der Waals surface area (Å²) in [4.78, 5) is 0. The summed E-state index contributed by atoms with van der Waals surface area (Å²) in [7, 11) is -3.29. The van der Waals surface area contributed by atoms with Crippen LogP contribution >= 0.6 is 0 Å². The molecule has 0 aromatic heterocycles. The molecule has 0 aliphatic heterocycles. The van der Waals surface area contributed by atoms with Crippen molar-refractivity contribution < 1.29 is 13.6 Å². The maximum absolute atomic E-state index is 11.6. The normalized spacial score (nSPS) is 15.9. The lowest BCUT2D eigenvalue weighted by Gasteiger charge is -2.18. The predicted octanol–water partition coefficient (Wildman–Crippen LogP) is 0.725. The van der Waals surface area contributed by atoms with Crippen molar-refractivity contribution in [2.45, 2.75) is 34.1 Å². The predicted molar refractivity (Wildman–Crippen MR) is 68.4 cm³/mol. The van der Waals surface area contributed by atoms with Crippen molar-refractivity contribution in [3.8, 4) is 0 Å². The highest BCUT2D eigenvalue weighted by molar-refractivity contribution is 7.89. The SMILES string of the molecule is CC(CNS(=O)(=O)CCC(C)(C)C)C(N)=NO. The summed E-state index contributed by atoms with van der Waals surface area (Å²) in [5.74, 6) is -0.229. The molecular weight excluding hydrogens is 242 g/mol. The van der Waals surface area contributed by atoms with E-state index in [0.717, 1.165) is 0 Å². The van der Waals surface area contributed by atoms with Crippen LogP contribution in [0.25, 0.3) is 0 Å². The molecular formula is C10H23N3O3S. The second-order valence-corrected chi connectivity index (χ2v) is 7.33. The Morgan fingerprint density at radius 2 is 2.00 bits per heavy atom. The number of amidine groups is 1. The van der Waals surface area contributed by atoms with Crippen molar-refractivity contribution in [1.82, 2.24) is 4.72 Å². The molecule has 7 heteroatoms. The molecule has 0 fully saturated rings. The lowest BCUT2D eigenvalue weighted by molar-refractivity contribution is 0.314. The van der Waals surface area contributed by atoms with E-state index in [1.165, 1.54) is 0 Å². The second kappa shape index (κ2) is 6.20. The number of nitrogens with two attached hydrogens (primary N) is 1. The third-order valence-electron chi connectivity index (χ3n) is 2.35. The minimum absolute atomic E-state index is 0.0171. The van der Waals surface area contributed by atoms with Gasteiger partial charge in [0.05, 0.1) is 5.75 Å². The summed E-state index contributed by atoms with van der Waals surface area (Å²) >= 11 is 0. The van der Waals surface area contributed by atoms with Crippen LogP contribution in [0.15, 0.2) is 5.16 Å². The van der Waals surface area contributed by atoms with E-state index in [2.05, 4.69) is 9.88 Å². The van der Waals surface area contributed by atoms with Crippen molar-refractivity contribution >= 4 is 15.9 Å². The molecule has 0 aliphatic rings. The maximum atomic E-state index is 11.6. The van der Waals surface area contributed by atoms with E-state index < -0.39 is 10.0 Å². The molecule has 0 aliphatic carbocycles. The molecule has 0 rings (SSSR count). The van der Waals surface area contributed by atoms with E-state index in [1.807, 2.05) is 20.8 Å². The molecule has 0 aromatic rings. The highest BCUT2D eigenvalue weighted by atomic mass is 32.2. The molecule has 17 heavy (non-hydrogen) atoms. The van der Waals surface area contributed by atoms with Crippen molar-refractivity contribution in [3.63, 3.8) is 0 Å². The topological polar surface area (TPSA) is 105 Å². The van der Waals surface area contributed by atoms with Crippen LogP contribution in [0.2, 0.25) is 0 Å². The Labute approximate surface area is 103 Å². The number of sulfonamides is 1. The summed E-state index contributed by atoms with van der Waals surface area (Å²) in [6.45, 7) is 7.79. The van der Waals surface area contributed by atoms with Gasteiger partial charge in [0.1, 0.15) is 5.84 Å². The molecule has 1 unspecified atom stereocenters. The minimum atomic E-state index is -3.29. The molecule has 0 radical (unpaired) electrons. The molecule has 102 valence electrons. The number of nitrogens with one attached hydrogen (secondary N) is 1. The van der Waals surface area contributed by atoms with Crippen LogP contribution in [0.5, 0.6) is 0 Å². The summed E-state index contributed by atoms with van der Waals surface area (Å²) < 4.78 is 25.7. The minimum Gasteiger partial charge on any atom is -0.409 e. The maximum Gasteiger partial charge on any atom is 0.211 e. The molecule has 6 nitrogen and oxygen atoms in total. The monoisotopic (exact) mass is 265 g/mol. The van der Waals surface area contributed by atoms with Crippen LogP contribution in [-0.4, -0.2) is 31.8 Å². The van der Waals surface area contributed by atoms with Crippen LogP contribution in [0.3, 0.4) is 0 Å². The van der Waals surface area contributed by atoms with E-state index in [-0.39, 0.29) is 29.5 Å². The molecule has 4 N–H and O–H groups in total. The van der Waals surface area contributed by atoms with Crippen LogP contribution < -0.4 is 10.5 Å². The second-order valence-electron chi connectivity index (χ2n) is 5.40. The van der Waals surface area contributed by atoms with E-state index in [4.69, 9.17) is 10.9 Å². The number of rotatable bonds is 6. The zero-order chi connectivity index (χ0) is 13.7. The Balaban J connectivity index is 4.20. The first kappa shape index (κ1) is 16.2. The molecule has 0 saturated carbocycles. The molecule has 0 aromatic carbocycles. The first-order valence-corrected chi connectivity index (χ1v) is 7.17. The molecule has 0 heterocycles. The largest absolute Gasteiger partial charge is 0.409 e. The Bertz CT molecular complexity index is 357. The first-order chi connectivity index (χ1) is 7.57. The van der Waals surface area contributed by atoms with Crippen molar-refractivity contribution in [2.75, 3.05) is 12.3 Å².